The van der Waals surface area contributed by atoms with Crippen molar-refractivity contribution < 1.29 is 9.90 Å². The highest BCUT2D eigenvalue weighted by Gasteiger charge is 2.34. The molecule has 2 bridgehead atoms. The normalized spacial score (nSPS) is 18.3. The van der Waals surface area contributed by atoms with Gasteiger partial charge in [0.05, 0.1) is 11.1 Å². The van der Waals surface area contributed by atoms with Crippen molar-refractivity contribution in [2.24, 2.45) is 0 Å². The van der Waals surface area contributed by atoms with Gasteiger partial charge >= 0.3 is 5.97 Å². The number of nitrogens with one attached hydrogen (secondary N) is 1. The van der Waals surface area contributed by atoms with Crippen molar-refractivity contribution in [3.8, 4) is 0 Å². The molecule has 2 N–H and O–H groups in total. The van der Waals surface area contributed by atoms with Crippen LogP contribution in [0.4, 0.5) is 5.82 Å². The summed E-state index contributed by atoms with van der Waals surface area (Å²) in [7, 11) is 0. The molecular formula is C14H14N2O2. The number of aromatic carboxylic acids is 1. The predicted octanol–water partition coefficient (Wildman–Crippen LogP) is 2.56. The molecule has 1 saturated heterocycles. The second-order valence-corrected chi connectivity index (χ2v) is 5.18. The van der Waals surface area contributed by atoms with Crippen LogP contribution in [-0.4, -0.2) is 29.1 Å². The van der Waals surface area contributed by atoms with Crippen LogP contribution in [0.2, 0.25) is 0 Å². The fourth-order valence-corrected chi connectivity index (χ4v) is 3.46. The van der Waals surface area contributed by atoms with Gasteiger partial charge in [0.2, 0.25) is 0 Å². The zero-order valence-electron chi connectivity index (χ0n) is 9.94. The van der Waals surface area contributed by atoms with Gasteiger partial charge < -0.3 is 15.0 Å². The predicted molar refractivity (Wildman–Crippen MR) is 69.4 cm³/mol. The maximum absolute atomic E-state index is 11.3. The van der Waals surface area contributed by atoms with E-state index in [1.807, 2.05) is 12.1 Å². The van der Waals surface area contributed by atoms with E-state index in [4.69, 9.17) is 0 Å². The minimum Gasteiger partial charge on any atom is -0.478 e. The number of benzene rings is 1. The summed E-state index contributed by atoms with van der Waals surface area (Å²) in [5.41, 5.74) is 2.50. The molecule has 3 aliphatic heterocycles. The van der Waals surface area contributed by atoms with Crippen LogP contribution in [0.3, 0.4) is 0 Å². The summed E-state index contributed by atoms with van der Waals surface area (Å²) in [5.74, 6) is 0.894. The van der Waals surface area contributed by atoms with Gasteiger partial charge in [-0.1, -0.05) is 12.1 Å². The van der Waals surface area contributed by atoms with Gasteiger partial charge in [0.25, 0.3) is 0 Å². The summed E-state index contributed by atoms with van der Waals surface area (Å²) in [6.45, 7) is 2.18. The number of H-pyrrole nitrogens is 1. The highest BCUT2D eigenvalue weighted by Crippen LogP contribution is 2.46. The van der Waals surface area contributed by atoms with E-state index < -0.39 is 5.97 Å². The third kappa shape index (κ3) is 1.12. The van der Waals surface area contributed by atoms with E-state index in [0.717, 1.165) is 29.8 Å². The van der Waals surface area contributed by atoms with Gasteiger partial charge in [-0.3, -0.25) is 0 Å². The van der Waals surface area contributed by atoms with Crippen LogP contribution < -0.4 is 4.90 Å². The molecule has 3 aliphatic rings. The lowest BCUT2D eigenvalue weighted by atomic mass is 9.84. The van der Waals surface area contributed by atoms with E-state index in [1.165, 1.54) is 18.4 Å². The summed E-state index contributed by atoms with van der Waals surface area (Å²) in [6, 6.07) is 5.56. The number of para-hydroxylation sites is 1. The Hall–Kier alpha value is -1.97. The second kappa shape index (κ2) is 3.28. The van der Waals surface area contributed by atoms with Gasteiger partial charge in [-0.25, -0.2) is 4.79 Å². The number of fused-ring (bicyclic) bond motifs is 3. The first-order chi connectivity index (χ1) is 8.75. The number of aromatic nitrogens is 1. The van der Waals surface area contributed by atoms with E-state index in [1.54, 1.807) is 6.07 Å². The molecule has 1 aromatic carbocycles. The average Bonchev–Trinajstić information content (AvgIpc) is 2.80. The maximum atomic E-state index is 11.3. The third-order valence-electron chi connectivity index (χ3n) is 4.30. The average molecular weight is 242 g/mol. The minimum atomic E-state index is -0.860. The minimum absolute atomic E-state index is 0.377. The number of carbonyl (C=O) groups is 1. The first kappa shape index (κ1) is 10.00. The van der Waals surface area contributed by atoms with Crippen molar-refractivity contribution in [3.05, 3.63) is 29.3 Å². The summed E-state index contributed by atoms with van der Waals surface area (Å²) in [6.07, 6.45) is 2.38. The molecule has 0 saturated carbocycles. The summed E-state index contributed by atoms with van der Waals surface area (Å²) < 4.78 is 0. The first-order valence-electron chi connectivity index (χ1n) is 6.38. The van der Waals surface area contributed by atoms with Gasteiger partial charge in [0.1, 0.15) is 5.82 Å². The Kier molecular flexibility index (Phi) is 1.82. The number of piperidine rings is 1. The number of anilines is 1. The Morgan fingerprint density at radius 2 is 2.11 bits per heavy atom. The van der Waals surface area contributed by atoms with Crippen molar-refractivity contribution >= 4 is 22.7 Å². The number of hydrogen-bond acceptors (Lipinski definition) is 2. The number of carboxylic acid groups (broad SMARTS) is 1. The van der Waals surface area contributed by atoms with E-state index in [-0.39, 0.29) is 0 Å². The number of hydrogen-bond donors (Lipinski definition) is 2. The molecule has 92 valence electrons. The van der Waals surface area contributed by atoms with Crippen LogP contribution in [0.5, 0.6) is 0 Å². The van der Waals surface area contributed by atoms with E-state index in [2.05, 4.69) is 9.88 Å². The lowest BCUT2D eigenvalue weighted by Crippen LogP contribution is -2.38. The fraction of sp³-hybridized carbons (Fsp3) is 0.357. The topological polar surface area (TPSA) is 56.3 Å². The zero-order valence-corrected chi connectivity index (χ0v) is 9.94. The number of carboxylic acids is 1. The Bertz CT molecular complexity index is 651. The van der Waals surface area contributed by atoms with Gasteiger partial charge in [0.15, 0.2) is 0 Å². The van der Waals surface area contributed by atoms with Crippen molar-refractivity contribution in [2.75, 3.05) is 18.0 Å². The van der Waals surface area contributed by atoms with Crippen molar-refractivity contribution in [1.29, 1.82) is 0 Å². The molecule has 5 rings (SSSR count). The Morgan fingerprint density at radius 1 is 1.33 bits per heavy atom. The lowest BCUT2D eigenvalue weighted by Gasteiger charge is -2.40. The van der Waals surface area contributed by atoms with Crippen molar-refractivity contribution in [3.63, 3.8) is 0 Å². The second-order valence-electron chi connectivity index (χ2n) is 5.18. The van der Waals surface area contributed by atoms with Crippen molar-refractivity contribution in [2.45, 2.75) is 18.8 Å². The Morgan fingerprint density at radius 3 is 2.83 bits per heavy atom. The Balaban J connectivity index is 2.07. The molecule has 18 heavy (non-hydrogen) atoms. The Labute approximate surface area is 104 Å². The summed E-state index contributed by atoms with van der Waals surface area (Å²) >= 11 is 0. The van der Waals surface area contributed by atoms with E-state index >= 15 is 0 Å². The molecule has 0 radical (unpaired) electrons. The SMILES string of the molecule is O=C(O)c1cccc2c3c([nH]c12)N1CCC3CC1. The smallest absolute Gasteiger partial charge is 0.337 e. The molecule has 0 unspecified atom stereocenters. The van der Waals surface area contributed by atoms with Crippen LogP contribution >= 0.6 is 0 Å². The van der Waals surface area contributed by atoms with Crippen LogP contribution in [0.15, 0.2) is 18.2 Å². The van der Waals surface area contributed by atoms with Crippen molar-refractivity contribution in [1.82, 2.24) is 4.98 Å². The number of nitrogens with zero attached hydrogens (tertiary/aromatic N) is 1. The molecule has 1 fully saturated rings. The molecule has 0 spiro atoms. The van der Waals surface area contributed by atoms with Gasteiger partial charge in [-0.2, -0.15) is 0 Å². The molecule has 0 aliphatic carbocycles. The maximum Gasteiger partial charge on any atom is 0.337 e. The summed E-state index contributed by atoms with van der Waals surface area (Å²) in [4.78, 5) is 17.0. The molecule has 0 amide bonds. The monoisotopic (exact) mass is 242 g/mol. The molecule has 1 aromatic heterocycles. The standard InChI is InChI=1S/C14H14N2O2/c17-14(18)10-3-1-2-9-11-8-4-6-16(7-5-8)13(11)15-12(9)10/h1-3,8,15H,4-7H2,(H,17,18). The molecule has 2 aromatic rings. The van der Waals surface area contributed by atoms with E-state index in [9.17, 15) is 9.90 Å². The van der Waals surface area contributed by atoms with Gasteiger partial charge in [0, 0.05) is 24.0 Å². The molecular weight excluding hydrogens is 228 g/mol. The highest BCUT2D eigenvalue weighted by atomic mass is 16.4. The lowest BCUT2D eigenvalue weighted by molar-refractivity contribution is 0.0699. The molecule has 0 atom stereocenters. The van der Waals surface area contributed by atoms with Crippen LogP contribution in [0, 0.1) is 0 Å². The number of rotatable bonds is 1. The molecule has 4 heterocycles. The highest BCUT2D eigenvalue weighted by molar-refractivity contribution is 6.05. The largest absolute Gasteiger partial charge is 0.478 e. The van der Waals surface area contributed by atoms with E-state index in [0.29, 0.717) is 11.5 Å². The van der Waals surface area contributed by atoms with Gasteiger partial charge in [-0.15, -0.1) is 0 Å². The van der Waals surface area contributed by atoms with Crippen LogP contribution in [0.25, 0.3) is 10.9 Å². The quantitative estimate of drug-likeness (QED) is 0.808. The fourth-order valence-electron chi connectivity index (χ4n) is 3.46. The molecule has 4 nitrogen and oxygen atoms in total. The summed E-state index contributed by atoms with van der Waals surface area (Å²) in [5, 5.41) is 10.4. The van der Waals surface area contributed by atoms with Crippen LogP contribution in [0.1, 0.15) is 34.7 Å². The number of aromatic amines is 1. The van der Waals surface area contributed by atoms with Crippen LogP contribution in [-0.2, 0) is 0 Å². The zero-order chi connectivity index (χ0) is 12.3. The van der Waals surface area contributed by atoms with Gasteiger partial charge in [-0.05, 0) is 24.8 Å². The first-order valence-corrected chi connectivity index (χ1v) is 6.38. The molecule has 4 heteroatoms. The third-order valence-corrected chi connectivity index (χ3v) is 4.30.